The van der Waals surface area contributed by atoms with Crippen molar-refractivity contribution in [2.24, 2.45) is 5.73 Å². The summed E-state index contributed by atoms with van der Waals surface area (Å²) in [5, 5.41) is 0. The molecule has 2 aromatic rings. The van der Waals surface area contributed by atoms with Crippen LogP contribution in [-0.2, 0) is 6.54 Å². The van der Waals surface area contributed by atoms with Crippen molar-refractivity contribution in [3.63, 3.8) is 0 Å². The molecule has 20 heavy (non-hydrogen) atoms. The van der Waals surface area contributed by atoms with Crippen LogP contribution in [0.15, 0.2) is 18.2 Å². The molecule has 2 rings (SSSR count). The maximum absolute atomic E-state index is 13.7. The molecule has 0 aliphatic carbocycles. The van der Waals surface area contributed by atoms with E-state index >= 15 is 0 Å². The highest BCUT2D eigenvalue weighted by atomic mass is 19.1. The van der Waals surface area contributed by atoms with Gasteiger partial charge in [0.1, 0.15) is 5.82 Å². The molecule has 0 aliphatic heterocycles. The second-order valence-corrected chi connectivity index (χ2v) is 5.51. The first-order valence-corrected chi connectivity index (χ1v) is 6.94. The minimum atomic E-state index is -0.216. The van der Waals surface area contributed by atoms with Crippen molar-refractivity contribution in [2.45, 2.75) is 41.2 Å². The molecule has 1 nitrogen and oxygen atoms in total. The van der Waals surface area contributed by atoms with Gasteiger partial charge in [-0.2, -0.15) is 0 Å². The lowest BCUT2D eigenvalue weighted by Crippen LogP contribution is -2.04. The number of rotatable bonds is 2. The Bertz CT molecular complexity index is 643. The van der Waals surface area contributed by atoms with Crippen LogP contribution in [0.4, 0.5) is 4.39 Å². The molecule has 2 N–H and O–H groups in total. The second kappa shape index (κ2) is 5.37. The number of halogens is 1. The van der Waals surface area contributed by atoms with E-state index < -0.39 is 0 Å². The molecule has 0 unspecified atom stereocenters. The maximum Gasteiger partial charge on any atom is 0.123 e. The van der Waals surface area contributed by atoms with E-state index in [9.17, 15) is 4.39 Å². The minimum absolute atomic E-state index is 0.216. The molecule has 0 spiro atoms. The topological polar surface area (TPSA) is 26.0 Å². The van der Waals surface area contributed by atoms with Crippen LogP contribution in [0.25, 0.3) is 11.1 Å². The van der Waals surface area contributed by atoms with Gasteiger partial charge in [-0.3, -0.25) is 0 Å². The lowest BCUT2D eigenvalue weighted by Gasteiger charge is -2.20. The van der Waals surface area contributed by atoms with Crippen LogP contribution >= 0.6 is 0 Å². The Kier molecular flexibility index (Phi) is 3.96. The van der Waals surface area contributed by atoms with E-state index in [2.05, 4.69) is 34.6 Å². The van der Waals surface area contributed by atoms with Gasteiger partial charge >= 0.3 is 0 Å². The summed E-state index contributed by atoms with van der Waals surface area (Å²) in [6, 6.07) is 4.87. The molecule has 0 radical (unpaired) electrons. The summed E-state index contributed by atoms with van der Waals surface area (Å²) in [7, 11) is 0. The second-order valence-electron chi connectivity index (χ2n) is 5.51. The molecular formula is C18H22FN. The Morgan fingerprint density at radius 2 is 1.35 bits per heavy atom. The monoisotopic (exact) mass is 271 g/mol. The summed E-state index contributed by atoms with van der Waals surface area (Å²) in [5.41, 5.74) is 15.2. The first-order valence-electron chi connectivity index (χ1n) is 6.94. The predicted octanol–water partition coefficient (Wildman–Crippen LogP) is 4.49. The van der Waals surface area contributed by atoms with Gasteiger partial charge in [0, 0.05) is 6.54 Å². The Morgan fingerprint density at radius 3 is 1.85 bits per heavy atom. The molecule has 2 aromatic carbocycles. The largest absolute Gasteiger partial charge is 0.326 e. The minimum Gasteiger partial charge on any atom is -0.326 e. The zero-order valence-electron chi connectivity index (χ0n) is 12.9. The number of hydrogen-bond acceptors (Lipinski definition) is 1. The molecule has 0 heterocycles. The molecule has 2 heteroatoms. The quantitative estimate of drug-likeness (QED) is 0.855. The average Bonchev–Trinajstić information content (AvgIpc) is 2.43. The molecule has 106 valence electrons. The Morgan fingerprint density at radius 1 is 0.850 bits per heavy atom. The summed E-state index contributed by atoms with van der Waals surface area (Å²) >= 11 is 0. The summed E-state index contributed by atoms with van der Waals surface area (Å²) in [6.07, 6.45) is 0. The molecule has 0 saturated carbocycles. The zero-order valence-corrected chi connectivity index (χ0v) is 12.9. The number of nitrogens with two attached hydrogens (primary N) is 1. The predicted molar refractivity (Wildman–Crippen MR) is 83.4 cm³/mol. The number of benzene rings is 2. The highest BCUT2D eigenvalue weighted by Gasteiger charge is 2.16. The Balaban J connectivity index is 2.86. The van der Waals surface area contributed by atoms with Gasteiger partial charge in [-0.1, -0.05) is 6.07 Å². The standard InChI is InChI=1S/C18H22FN/c1-10-11(2)13(4)18(14(5)12(10)3)17-8-16(19)7-6-15(17)9-20/h6-8H,9,20H2,1-5H3. The van der Waals surface area contributed by atoms with E-state index in [0.717, 1.165) is 16.7 Å². The van der Waals surface area contributed by atoms with Crippen LogP contribution in [0.1, 0.15) is 33.4 Å². The van der Waals surface area contributed by atoms with Gasteiger partial charge in [-0.15, -0.1) is 0 Å². The van der Waals surface area contributed by atoms with Crippen LogP contribution in [0, 0.1) is 40.4 Å². The van der Waals surface area contributed by atoms with Crippen LogP contribution in [-0.4, -0.2) is 0 Å². The van der Waals surface area contributed by atoms with Crippen molar-refractivity contribution in [3.8, 4) is 11.1 Å². The highest BCUT2D eigenvalue weighted by Crippen LogP contribution is 2.36. The first kappa shape index (κ1) is 14.7. The van der Waals surface area contributed by atoms with E-state index in [1.807, 2.05) is 0 Å². The van der Waals surface area contributed by atoms with Gasteiger partial charge < -0.3 is 5.73 Å². The SMILES string of the molecule is Cc1c(C)c(C)c(-c2cc(F)ccc2CN)c(C)c1C. The zero-order chi connectivity index (χ0) is 15.0. The lowest BCUT2D eigenvalue weighted by atomic mass is 9.85. The molecule has 0 aromatic heterocycles. The average molecular weight is 271 g/mol. The fourth-order valence-corrected chi connectivity index (χ4v) is 2.86. The lowest BCUT2D eigenvalue weighted by molar-refractivity contribution is 0.627. The summed E-state index contributed by atoms with van der Waals surface area (Å²) in [4.78, 5) is 0. The van der Waals surface area contributed by atoms with Gasteiger partial charge in [0.15, 0.2) is 0 Å². The van der Waals surface area contributed by atoms with Crippen molar-refractivity contribution in [2.75, 3.05) is 0 Å². The van der Waals surface area contributed by atoms with E-state index in [-0.39, 0.29) is 5.82 Å². The fourth-order valence-electron chi connectivity index (χ4n) is 2.86. The van der Waals surface area contributed by atoms with Gasteiger partial charge in [0.25, 0.3) is 0 Å². The maximum atomic E-state index is 13.7. The molecule has 0 atom stereocenters. The Labute approximate surface area is 120 Å². The van der Waals surface area contributed by atoms with Gasteiger partial charge in [0.05, 0.1) is 0 Å². The molecule has 0 amide bonds. The third kappa shape index (κ3) is 2.25. The Hall–Kier alpha value is -1.67. The van der Waals surface area contributed by atoms with E-state index in [4.69, 9.17) is 5.73 Å². The van der Waals surface area contributed by atoms with E-state index in [1.54, 1.807) is 12.1 Å². The molecular weight excluding hydrogens is 249 g/mol. The third-order valence-electron chi connectivity index (χ3n) is 4.56. The molecule has 0 bridgehead atoms. The van der Waals surface area contributed by atoms with Crippen molar-refractivity contribution < 1.29 is 4.39 Å². The molecule has 0 aliphatic rings. The third-order valence-corrected chi connectivity index (χ3v) is 4.56. The van der Waals surface area contributed by atoms with E-state index in [0.29, 0.717) is 6.54 Å². The van der Waals surface area contributed by atoms with E-state index in [1.165, 1.54) is 33.9 Å². The highest BCUT2D eigenvalue weighted by molar-refractivity contribution is 5.77. The van der Waals surface area contributed by atoms with Gasteiger partial charge in [-0.05, 0) is 91.3 Å². The van der Waals surface area contributed by atoms with Crippen molar-refractivity contribution in [1.29, 1.82) is 0 Å². The van der Waals surface area contributed by atoms with Gasteiger partial charge in [-0.25, -0.2) is 4.39 Å². The summed E-state index contributed by atoms with van der Waals surface area (Å²) < 4.78 is 13.7. The van der Waals surface area contributed by atoms with Crippen molar-refractivity contribution >= 4 is 0 Å². The number of hydrogen-bond donors (Lipinski definition) is 1. The normalized spacial score (nSPS) is 10.9. The van der Waals surface area contributed by atoms with Crippen LogP contribution < -0.4 is 5.73 Å². The first-order chi connectivity index (χ1) is 9.38. The van der Waals surface area contributed by atoms with Crippen molar-refractivity contribution in [1.82, 2.24) is 0 Å². The van der Waals surface area contributed by atoms with Crippen molar-refractivity contribution in [3.05, 3.63) is 57.4 Å². The van der Waals surface area contributed by atoms with Crippen LogP contribution in [0.3, 0.4) is 0 Å². The molecule has 0 saturated heterocycles. The van der Waals surface area contributed by atoms with Gasteiger partial charge in [0.2, 0.25) is 0 Å². The fraction of sp³-hybridized carbons (Fsp3) is 0.333. The molecule has 0 fully saturated rings. The summed E-state index contributed by atoms with van der Waals surface area (Å²) in [5.74, 6) is -0.216. The smallest absolute Gasteiger partial charge is 0.123 e. The summed E-state index contributed by atoms with van der Waals surface area (Å²) in [6.45, 7) is 11.0. The van der Waals surface area contributed by atoms with Crippen LogP contribution in [0.2, 0.25) is 0 Å². The van der Waals surface area contributed by atoms with Crippen LogP contribution in [0.5, 0.6) is 0 Å².